The lowest BCUT2D eigenvalue weighted by Crippen LogP contribution is -2.43. The van der Waals surface area contributed by atoms with Crippen molar-refractivity contribution in [2.24, 2.45) is 0 Å². The highest BCUT2D eigenvalue weighted by atomic mass is 19.1. The van der Waals surface area contributed by atoms with Gasteiger partial charge < -0.3 is 15.5 Å². The number of aliphatic hydroxyl groups is 1. The molecule has 1 aromatic rings. The van der Waals surface area contributed by atoms with Crippen LogP contribution in [0, 0.1) is 5.82 Å². The molecule has 16 heavy (non-hydrogen) atoms. The predicted molar refractivity (Wildman–Crippen MR) is 52.4 cm³/mol. The van der Waals surface area contributed by atoms with Gasteiger partial charge in [-0.25, -0.2) is 9.18 Å². The lowest BCUT2D eigenvalue weighted by molar-refractivity contribution is -0.140. The van der Waals surface area contributed by atoms with E-state index >= 15 is 0 Å². The standard InChI is InChI=1S/C10H10FNO4/c11-7-3-1-6(2-4-7)9(14)12-8(5-13)10(15)16/h1-4,8,13H,5H2,(H,12,14)(H,15,16)/t8-/m1/s1. The highest BCUT2D eigenvalue weighted by molar-refractivity contribution is 5.96. The minimum Gasteiger partial charge on any atom is -0.480 e. The quantitative estimate of drug-likeness (QED) is 0.675. The molecule has 0 aliphatic carbocycles. The minimum absolute atomic E-state index is 0.126. The van der Waals surface area contributed by atoms with E-state index in [0.29, 0.717) is 0 Å². The molecule has 0 radical (unpaired) electrons. The van der Waals surface area contributed by atoms with E-state index in [1.54, 1.807) is 0 Å². The molecule has 0 heterocycles. The maximum absolute atomic E-state index is 12.5. The largest absolute Gasteiger partial charge is 0.480 e. The normalized spacial score (nSPS) is 11.9. The predicted octanol–water partition coefficient (Wildman–Crippen LogP) is 0.001000. The van der Waals surface area contributed by atoms with E-state index in [0.717, 1.165) is 12.1 Å². The zero-order valence-corrected chi connectivity index (χ0v) is 8.18. The molecule has 0 saturated heterocycles. The van der Waals surface area contributed by atoms with Crippen molar-refractivity contribution in [3.63, 3.8) is 0 Å². The molecule has 0 fully saturated rings. The molecule has 0 unspecified atom stereocenters. The van der Waals surface area contributed by atoms with Gasteiger partial charge in [0, 0.05) is 5.56 Å². The molecule has 0 aliphatic heterocycles. The zero-order chi connectivity index (χ0) is 12.1. The molecular weight excluding hydrogens is 217 g/mol. The van der Waals surface area contributed by atoms with Crippen molar-refractivity contribution in [2.45, 2.75) is 6.04 Å². The van der Waals surface area contributed by atoms with E-state index in [4.69, 9.17) is 10.2 Å². The molecule has 0 aromatic heterocycles. The molecule has 0 spiro atoms. The van der Waals surface area contributed by atoms with Crippen molar-refractivity contribution in [3.8, 4) is 0 Å². The number of carboxylic acid groups (broad SMARTS) is 1. The van der Waals surface area contributed by atoms with Crippen molar-refractivity contribution in [1.29, 1.82) is 0 Å². The van der Waals surface area contributed by atoms with Crippen LogP contribution in [-0.2, 0) is 4.79 Å². The smallest absolute Gasteiger partial charge is 0.328 e. The third kappa shape index (κ3) is 3.03. The molecule has 86 valence electrons. The van der Waals surface area contributed by atoms with Gasteiger partial charge in [-0.3, -0.25) is 4.79 Å². The summed E-state index contributed by atoms with van der Waals surface area (Å²) in [7, 11) is 0. The molecule has 3 N–H and O–H groups in total. The van der Waals surface area contributed by atoms with Gasteiger partial charge in [-0.05, 0) is 24.3 Å². The summed E-state index contributed by atoms with van der Waals surface area (Å²) in [5.41, 5.74) is 0.126. The lowest BCUT2D eigenvalue weighted by atomic mass is 10.2. The van der Waals surface area contributed by atoms with Gasteiger partial charge in [0.15, 0.2) is 6.04 Å². The van der Waals surface area contributed by atoms with E-state index in [9.17, 15) is 14.0 Å². The van der Waals surface area contributed by atoms with Gasteiger partial charge in [-0.1, -0.05) is 0 Å². The Hall–Kier alpha value is -1.95. The van der Waals surface area contributed by atoms with Crippen LogP contribution < -0.4 is 5.32 Å². The Morgan fingerprint density at radius 2 is 1.88 bits per heavy atom. The average Bonchev–Trinajstić information content (AvgIpc) is 2.26. The lowest BCUT2D eigenvalue weighted by Gasteiger charge is -2.11. The van der Waals surface area contributed by atoms with Crippen molar-refractivity contribution < 1.29 is 24.2 Å². The van der Waals surface area contributed by atoms with E-state index in [1.807, 2.05) is 0 Å². The van der Waals surface area contributed by atoms with Crippen molar-refractivity contribution in [3.05, 3.63) is 35.6 Å². The fraction of sp³-hybridized carbons (Fsp3) is 0.200. The number of hydrogen-bond acceptors (Lipinski definition) is 3. The van der Waals surface area contributed by atoms with E-state index < -0.39 is 30.3 Å². The highest BCUT2D eigenvalue weighted by Gasteiger charge is 2.19. The number of carbonyl (C=O) groups excluding carboxylic acids is 1. The second-order valence-electron chi connectivity index (χ2n) is 3.05. The average molecular weight is 227 g/mol. The third-order valence-electron chi connectivity index (χ3n) is 1.89. The number of hydrogen-bond donors (Lipinski definition) is 3. The van der Waals surface area contributed by atoms with Crippen LogP contribution in [0.1, 0.15) is 10.4 Å². The first-order valence-electron chi connectivity index (χ1n) is 4.44. The number of halogens is 1. The van der Waals surface area contributed by atoms with Gasteiger partial charge in [-0.15, -0.1) is 0 Å². The van der Waals surface area contributed by atoms with Crippen LogP contribution in [0.5, 0.6) is 0 Å². The fourth-order valence-corrected chi connectivity index (χ4v) is 1.03. The maximum atomic E-state index is 12.5. The first-order valence-corrected chi connectivity index (χ1v) is 4.44. The highest BCUT2D eigenvalue weighted by Crippen LogP contribution is 2.02. The van der Waals surface area contributed by atoms with E-state index in [1.165, 1.54) is 12.1 Å². The van der Waals surface area contributed by atoms with Gasteiger partial charge in [-0.2, -0.15) is 0 Å². The number of benzene rings is 1. The van der Waals surface area contributed by atoms with Gasteiger partial charge >= 0.3 is 5.97 Å². The van der Waals surface area contributed by atoms with Crippen molar-refractivity contribution in [2.75, 3.05) is 6.61 Å². The van der Waals surface area contributed by atoms with Crippen LogP contribution in [-0.4, -0.2) is 34.7 Å². The van der Waals surface area contributed by atoms with E-state index in [2.05, 4.69) is 5.32 Å². The molecular formula is C10H10FNO4. The SMILES string of the molecule is O=C(N[C@H](CO)C(=O)O)c1ccc(F)cc1. The molecule has 1 atom stereocenters. The van der Waals surface area contributed by atoms with Gasteiger partial charge in [0.05, 0.1) is 6.61 Å². The minimum atomic E-state index is -1.36. The molecule has 6 heteroatoms. The maximum Gasteiger partial charge on any atom is 0.328 e. The summed E-state index contributed by atoms with van der Waals surface area (Å²) in [5, 5.41) is 19.4. The Kier molecular flexibility index (Phi) is 3.96. The zero-order valence-electron chi connectivity index (χ0n) is 8.18. The Morgan fingerprint density at radius 3 is 2.31 bits per heavy atom. The van der Waals surface area contributed by atoms with Crippen LogP contribution in [0.2, 0.25) is 0 Å². The summed E-state index contributed by atoms with van der Waals surface area (Å²) in [5.74, 6) is -2.51. The first-order chi connectivity index (χ1) is 7.54. The van der Waals surface area contributed by atoms with Crippen LogP contribution in [0.3, 0.4) is 0 Å². The molecule has 1 rings (SSSR count). The molecule has 0 saturated carbocycles. The van der Waals surface area contributed by atoms with Gasteiger partial charge in [0.25, 0.3) is 5.91 Å². The summed E-state index contributed by atoms with van der Waals surface area (Å²) >= 11 is 0. The van der Waals surface area contributed by atoms with Crippen LogP contribution in [0.25, 0.3) is 0 Å². The molecule has 0 bridgehead atoms. The Balaban J connectivity index is 2.71. The second-order valence-corrected chi connectivity index (χ2v) is 3.05. The van der Waals surface area contributed by atoms with Gasteiger partial charge in [0.1, 0.15) is 5.82 Å². The Morgan fingerprint density at radius 1 is 1.31 bits per heavy atom. The third-order valence-corrected chi connectivity index (χ3v) is 1.89. The van der Waals surface area contributed by atoms with Gasteiger partial charge in [0.2, 0.25) is 0 Å². The van der Waals surface area contributed by atoms with Crippen molar-refractivity contribution >= 4 is 11.9 Å². The number of aliphatic hydroxyl groups excluding tert-OH is 1. The summed E-state index contributed by atoms with van der Waals surface area (Å²) in [6.45, 7) is -0.706. The van der Waals surface area contributed by atoms with Crippen LogP contribution in [0.4, 0.5) is 4.39 Å². The molecule has 1 aromatic carbocycles. The first kappa shape index (κ1) is 12.1. The second kappa shape index (κ2) is 5.22. The van der Waals surface area contributed by atoms with Crippen molar-refractivity contribution in [1.82, 2.24) is 5.32 Å². The van der Waals surface area contributed by atoms with Crippen LogP contribution >= 0.6 is 0 Å². The summed E-state index contributed by atoms with van der Waals surface area (Å²) in [6.07, 6.45) is 0. The Labute approximate surface area is 90.5 Å². The molecule has 1 amide bonds. The summed E-state index contributed by atoms with van der Waals surface area (Å²) in [6, 6.07) is 3.26. The number of nitrogens with one attached hydrogen (secondary N) is 1. The molecule has 0 aliphatic rings. The van der Waals surface area contributed by atoms with Crippen LogP contribution in [0.15, 0.2) is 24.3 Å². The summed E-state index contributed by atoms with van der Waals surface area (Å²) < 4.78 is 12.5. The molecule has 5 nitrogen and oxygen atoms in total. The number of aliphatic carboxylic acids is 1. The van der Waals surface area contributed by atoms with E-state index in [-0.39, 0.29) is 5.56 Å². The number of carbonyl (C=O) groups is 2. The topological polar surface area (TPSA) is 86.6 Å². The number of carboxylic acids is 1. The number of rotatable bonds is 4. The number of amides is 1. The fourth-order valence-electron chi connectivity index (χ4n) is 1.03. The summed E-state index contributed by atoms with van der Waals surface area (Å²) in [4.78, 5) is 21.9. The monoisotopic (exact) mass is 227 g/mol. The Bertz CT molecular complexity index is 390.